The molecular weight excluding hydrogens is 372 g/mol. The summed E-state index contributed by atoms with van der Waals surface area (Å²) in [7, 11) is 0. The van der Waals surface area contributed by atoms with E-state index in [1.54, 1.807) is 0 Å². The maximum atomic E-state index is 12.2. The van der Waals surface area contributed by atoms with Crippen molar-refractivity contribution in [2.45, 2.75) is 43.6 Å². The van der Waals surface area contributed by atoms with Crippen LogP contribution in [-0.4, -0.2) is 24.7 Å². The van der Waals surface area contributed by atoms with Gasteiger partial charge in [-0.05, 0) is 0 Å². The topological polar surface area (TPSA) is 0 Å². The predicted molar refractivity (Wildman–Crippen MR) is 43.4 cm³/mol. The second kappa shape index (κ2) is 6.17. The Hall–Kier alpha value is -0.126. The zero-order valence-electron chi connectivity index (χ0n) is 9.86. The van der Waals surface area contributed by atoms with Gasteiger partial charge < -0.3 is 0 Å². The summed E-state index contributed by atoms with van der Waals surface area (Å²) < 4.78 is 136. The minimum atomic E-state index is -6.46. The molecule has 0 aromatic carbocycles. The van der Waals surface area contributed by atoms with Crippen LogP contribution < -0.4 is 0 Å². The van der Waals surface area contributed by atoms with Gasteiger partial charge in [0, 0.05) is 0 Å². The normalized spacial score (nSPS) is 15.4. The summed E-state index contributed by atoms with van der Waals surface area (Å²) in [6, 6.07) is 0. The molecule has 0 spiro atoms. The number of hydrogen-bond acceptors (Lipinski definition) is 0. The Kier molecular flexibility index (Phi) is 6.13. The predicted octanol–water partition coefficient (Wildman–Crippen LogP) is 6.06. The van der Waals surface area contributed by atoms with Gasteiger partial charge >= 0.3 is 113 Å². The van der Waals surface area contributed by atoms with Gasteiger partial charge in [0.15, 0.2) is 0 Å². The summed E-state index contributed by atoms with van der Waals surface area (Å²) in [6.45, 7) is 0. The monoisotopic (exact) mass is 380 g/mol. The third-order valence-electron chi connectivity index (χ3n) is 2.30. The summed E-state index contributed by atoms with van der Waals surface area (Å²) in [5.41, 5.74) is 0. The summed E-state index contributed by atoms with van der Waals surface area (Å²) in [5, 5.41) is 0. The van der Waals surface area contributed by atoms with Crippen LogP contribution in [0.1, 0.15) is 0 Å². The van der Waals surface area contributed by atoms with Crippen LogP contribution in [0.4, 0.5) is 52.7 Å². The maximum absolute atomic E-state index is 12.2. The quantitative estimate of drug-likeness (QED) is 0.411. The molecule has 0 saturated heterocycles. The summed E-state index contributed by atoms with van der Waals surface area (Å²) in [4.78, 5) is 0. The summed E-state index contributed by atoms with van der Waals surface area (Å²) >= 11 is -6.46. The molecule has 0 heterocycles. The fraction of sp³-hybridized carbons (Fsp3) is 1.00. The molecule has 0 nitrogen and oxygen atoms in total. The second-order valence-electron chi connectivity index (χ2n) is 4.67. The molecule has 0 aliphatic rings. The summed E-state index contributed by atoms with van der Waals surface area (Å²) in [5.74, 6) is 0. The Morgan fingerprint density at radius 3 is 0.619 bits per heavy atom. The van der Waals surface area contributed by atoms with Crippen LogP contribution in [0.15, 0.2) is 0 Å². The van der Waals surface area contributed by atoms with Gasteiger partial charge in [-0.2, -0.15) is 0 Å². The van der Waals surface area contributed by atoms with Crippen molar-refractivity contribution < 1.29 is 69.3 Å². The number of rotatable bonds is 4. The third-order valence-corrected chi connectivity index (χ3v) is 9.49. The molecule has 0 bridgehead atoms. The minimum absolute atomic E-state index is 2.65. The number of alkyl halides is 12. The van der Waals surface area contributed by atoms with Gasteiger partial charge in [0.05, 0.1) is 0 Å². The first kappa shape index (κ1) is 20.9. The van der Waals surface area contributed by atoms with E-state index >= 15 is 0 Å². The molecular formula is C8H8F12Ti. The third kappa shape index (κ3) is 11.1. The summed E-state index contributed by atoms with van der Waals surface area (Å²) in [6.07, 6.45) is -22.1. The van der Waals surface area contributed by atoms with Gasteiger partial charge in [-0.25, -0.2) is 0 Å². The molecule has 0 rings (SSSR count). The molecule has 21 heavy (non-hydrogen) atoms. The molecule has 0 N–H and O–H groups in total. The van der Waals surface area contributed by atoms with E-state index in [0.717, 1.165) is 0 Å². The van der Waals surface area contributed by atoms with Crippen molar-refractivity contribution in [2.24, 2.45) is 0 Å². The molecule has 0 atom stereocenters. The molecule has 0 aliphatic heterocycles. The average Bonchev–Trinajstić information content (AvgIpc) is 1.83. The van der Waals surface area contributed by atoms with E-state index in [1.165, 1.54) is 0 Å². The van der Waals surface area contributed by atoms with Crippen LogP contribution in [0.3, 0.4) is 0 Å². The van der Waals surface area contributed by atoms with Crippen LogP contribution in [0, 0.1) is 0 Å². The van der Waals surface area contributed by atoms with Crippen molar-refractivity contribution in [3.63, 3.8) is 0 Å². The van der Waals surface area contributed by atoms with E-state index in [0.29, 0.717) is 0 Å². The zero-order chi connectivity index (χ0) is 17.3. The van der Waals surface area contributed by atoms with Crippen LogP contribution in [0.2, 0.25) is 18.9 Å². The van der Waals surface area contributed by atoms with Crippen molar-refractivity contribution in [3.8, 4) is 0 Å². The van der Waals surface area contributed by atoms with Gasteiger partial charge in [0.25, 0.3) is 0 Å². The van der Waals surface area contributed by atoms with E-state index in [2.05, 4.69) is 0 Å². The first-order valence-electron chi connectivity index (χ1n) is 5.10. The second-order valence-corrected chi connectivity index (χ2v) is 11.6. The molecule has 0 saturated carbocycles. The van der Waals surface area contributed by atoms with Crippen molar-refractivity contribution in [1.82, 2.24) is 0 Å². The molecule has 0 aliphatic carbocycles. The standard InChI is InChI=1S/4C2H2F3.Ti/c4*1-2(3,4)5;/h4*1H2;. The molecule has 0 unspecified atom stereocenters. The van der Waals surface area contributed by atoms with Gasteiger partial charge in [-0.1, -0.05) is 0 Å². The molecule has 0 fully saturated rings. The molecule has 128 valence electrons. The van der Waals surface area contributed by atoms with E-state index in [4.69, 9.17) is 0 Å². The molecule has 0 amide bonds. The van der Waals surface area contributed by atoms with Crippen molar-refractivity contribution in [1.29, 1.82) is 0 Å². The van der Waals surface area contributed by atoms with Crippen LogP contribution in [-0.2, 0) is 16.6 Å². The SMILES string of the molecule is FC(F)(F)[CH2][Ti]([CH2]C(F)(F)F)([CH2]C(F)(F)F)[CH2]C(F)(F)F. The van der Waals surface area contributed by atoms with Gasteiger partial charge in [0.1, 0.15) is 0 Å². The van der Waals surface area contributed by atoms with Gasteiger partial charge in [-0.3, -0.25) is 0 Å². The molecule has 0 aromatic heterocycles. The fourth-order valence-electron chi connectivity index (χ4n) is 2.08. The van der Waals surface area contributed by atoms with Gasteiger partial charge in [-0.15, -0.1) is 0 Å². The van der Waals surface area contributed by atoms with Crippen LogP contribution in [0.5, 0.6) is 0 Å². The average molecular weight is 380 g/mol. The Morgan fingerprint density at radius 1 is 0.381 bits per heavy atom. The fourth-order valence-corrected chi connectivity index (χ4v) is 8.56. The van der Waals surface area contributed by atoms with Crippen molar-refractivity contribution in [3.05, 3.63) is 0 Å². The van der Waals surface area contributed by atoms with Crippen LogP contribution in [0.25, 0.3) is 0 Å². The Bertz CT molecular complexity index is 262. The van der Waals surface area contributed by atoms with Crippen LogP contribution >= 0.6 is 0 Å². The van der Waals surface area contributed by atoms with E-state index in [-0.39, 0.29) is 0 Å². The zero-order valence-corrected chi connectivity index (χ0v) is 11.4. The van der Waals surface area contributed by atoms with Crippen molar-refractivity contribution >= 4 is 0 Å². The Morgan fingerprint density at radius 2 is 0.524 bits per heavy atom. The molecule has 0 aromatic rings. The first-order valence-corrected chi connectivity index (χ1v) is 9.51. The van der Waals surface area contributed by atoms with E-state index in [9.17, 15) is 52.7 Å². The molecule has 0 radical (unpaired) electrons. The Balaban J connectivity index is 5.70. The van der Waals surface area contributed by atoms with E-state index in [1.807, 2.05) is 0 Å². The van der Waals surface area contributed by atoms with E-state index < -0.39 is 60.2 Å². The van der Waals surface area contributed by atoms with Crippen molar-refractivity contribution in [2.75, 3.05) is 0 Å². The van der Waals surface area contributed by atoms with Gasteiger partial charge in [0.2, 0.25) is 0 Å². The first-order chi connectivity index (χ1) is 8.83. The Labute approximate surface area is 113 Å². The number of halogens is 12. The number of hydrogen-bond donors (Lipinski definition) is 0. The molecule has 13 heteroatoms.